The summed E-state index contributed by atoms with van der Waals surface area (Å²) in [5.41, 5.74) is 5.64. The van der Waals surface area contributed by atoms with Crippen LogP contribution in [0.4, 0.5) is 10.1 Å². The van der Waals surface area contributed by atoms with Gasteiger partial charge < -0.3 is 15.5 Å². The van der Waals surface area contributed by atoms with Crippen molar-refractivity contribution in [2.24, 2.45) is 5.73 Å². The first-order valence-corrected chi connectivity index (χ1v) is 6.01. The number of primary amides is 1. The summed E-state index contributed by atoms with van der Waals surface area (Å²) >= 11 is 0. The third-order valence-corrected chi connectivity index (χ3v) is 2.77. The van der Waals surface area contributed by atoms with Crippen LogP contribution in [-0.2, 0) is 13.0 Å². The van der Waals surface area contributed by atoms with Crippen LogP contribution in [0, 0.1) is 5.82 Å². The van der Waals surface area contributed by atoms with Gasteiger partial charge in [0.25, 0.3) is 0 Å². The van der Waals surface area contributed by atoms with Gasteiger partial charge in [-0.15, -0.1) is 0 Å². The van der Waals surface area contributed by atoms with E-state index in [1.54, 1.807) is 0 Å². The highest BCUT2D eigenvalue weighted by atomic mass is 19.1. The van der Waals surface area contributed by atoms with E-state index in [2.05, 4.69) is 5.32 Å². The monoisotopic (exact) mass is 262 g/mol. The van der Waals surface area contributed by atoms with Gasteiger partial charge in [0.05, 0.1) is 12.2 Å². The number of nitrogens with two attached hydrogens (primary N) is 1. The van der Waals surface area contributed by atoms with E-state index in [1.165, 1.54) is 18.2 Å². The van der Waals surface area contributed by atoms with Crippen molar-refractivity contribution in [3.63, 3.8) is 0 Å². The Morgan fingerprint density at radius 3 is 2.68 bits per heavy atom. The van der Waals surface area contributed by atoms with Gasteiger partial charge in [-0.25, -0.2) is 4.39 Å². The number of hydrogen-bond acceptors (Lipinski definition) is 3. The number of carbonyl (C=O) groups is 1. The predicted molar refractivity (Wildman–Crippen MR) is 70.3 cm³/mol. The fourth-order valence-corrected chi connectivity index (χ4v) is 1.70. The van der Waals surface area contributed by atoms with E-state index in [0.717, 1.165) is 12.2 Å². The maximum Gasteiger partial charge on any atom is 0.248 e. The largest absolute Gasteiger partial charge is 0.464 e. The minimum absolute atomic E-state index is 0.228. The zero-order chi connectivity index (χ0) is 13.8. The van der Waals surface area contributed by atoms with E-state index in [1.807, 2.05) is 19.1 Å². The third kappa shape index (κ3) is 3.13. The van der Waals surface area contributed by atoms with Gasteiger partial charge in [-0.1, -0.05) is 6.92 Å². The minimum atomic E-state index is -0.589. The fourth-order valence-electron chi connectivity index (χ4n) is 1.70. The van der Waals surface area contributed by atoms with Gasteiger partial charge in [0.15, 0.2) is 0 Å². The van der Waals surface area contributed by atoms with Crippen molar-refractivity contribution in [2.75, 3.05) is 5.32 Å². The first-order chi connectivity index (χ1) is 9.10. The highest BCUT2D eigenvalue weighted by Gasteiger charge is 2.08. The normalized spacial score (nSPS) is 10.4. The number of nitrogens with one attached hydrogen (secondary N) is 1. The molecule has 3 N–H and O–H groups in total. The topological polar surface area (TPSA) is 68.3 Å². The molecular formula is C14H15FN2O2. The van der Waals surface area contributed by atoms with Crippen LogP contribution in [0.25, 0.3) is 0 Å². The van der Waals surface area contributed by atoms with Gasteiger partial charge in [-0.05, 0) is 30.3 Å². The summed E-state index contributed by atoms with van der Waals surface area (Å²) in [6.07, 6.45) is 0.811. The van der Waals surface area contributed by atoms with Crippen LogP contribution >= 0.6 is 0 Å². The number of carbonyl (C=O) groups excluding carboxylic acids is 1. The molecule has 0 unspecified atom stereocenters. The SMILES string of the molecule is CCc1ccc(CNc2cc(C(N)=O)ccc2F)o1. The predicted octanol–water partition coefficient (Wildman–Crippen LogP) is 2.69. The second kappa shape index (κ2) is 5.56. The van der Waals surface area contributed by atoms with Gasteiger partial charge in [0.1, 0.15) is 17.3 Å². The Bertz CT molecular complexity index is 593. The zero-order valence-electron chi connectivity index (χ0n) is 10.6. The molecule has 1 amide bonds. The number of anilines is 1. The van der Waals surface area contributed by atoms with Crippen molar-refractivity contribution in [3.8, 4) is 0 Å². The molecule has 2 rings (SSSR count). The molecule has 1 heterocycles. The lowest BCUT2D eigenvalue weighted by molar-refractivity contribution is 0.100. The van der Waals surface area contributed by atoms with E-state index < -0.39 is 11.7 Å². The number of benzene rings is 1. The van der Waals surface area contributed by atoms with Crippen molar-refractivity contribution in [3.05, 3.63) is 53.2 Å². The second-order valence-corrected chi connectivity index (χ2v) is 4.13. The van der Waals surface area contributed by atoms with Gasteiger partial charge in [-0.3, -0.25) is 4.79 Å². The summed E-state index contributed by atoms with van der Waals surface area (Å²) < 4.78 is 19.1. The highest BCUT2D eigenvalue weighted by Crippen LogP contribution is 2.18. The van der Waals surface area contributed by atoms with E-state index >= 15 is 0 Å². The average molecular weight is 262 g/mol. The van der Waals surface area contributed by atoms with Crippen LogP contribution in [0.2, 0.25) is 0 Å². The van der Waals surface area contributed by atoms with Crippen molar-refractivity contribution in [1.82, 2.24) is 0 Å². The molecule has 0 bridgehead atoms. The molecule has 0 saturated heterocycles. The summed E-state index contributed by atoms with van der Waals surface area (Å²) in [5.74, 6) is 0.561. The van der Waals surface area contributed by atoms with E-state index in [4.69, 9.17) is 10.2 Å². The number of aryl methyl sites for hydroxylation is 1. The fraction of sp³-hybridized carbons (Fsp3) is 0.214. The number of amides is 1. The third-order valence-electron chi connectivity index (χ3n) is 2.77. The summed E-state index contributed by atoms with van der Waals surface area (Å²) in [6.45, 7) is 2.34. The molecule has 0 aliphatic carbocycles. The lowest BCUT2D eigenvalue weighted by Gasteiger charge is -2.07. The Morgan fingerprint density at radius 2 is 2.05 bits per heavy atom. The molecule has 5 heteroatoms. The molecular weight excluding hydrogens is 247 g/mol. The van der Waals surface area contributed by atoms with Crippen molar-refractivity contribution in [1.29, 1.82) is 0 Å². The molecule has 0 aliphatic heterocycles. The molecule has 0 radical (unpaired) electrons. The number of halogens is 1. The first-order valence-electron chi connectivity index (χ1n) is 6.01. The number of furan rings is 1. The van der Waals surface area contributed by atoms with E-state index in [-0.39, 0.29) is 11.3 Å². The van der Waals surface area contributed by atoms with Crippen molar-refractivity contribution < 1.29 is 13.6 Å². The van der Waals surface area contributed by atoms with Crippen LogP contribution in [0.1, 0.15) is 28.8 Å². The van der Waals surface area contributed by atoms with Crippen molar-refractivity contribution >= 4 is 11.6 Å². The molecule has 19 heavy (non-hydrogen) atoms. The molecule has 0 aliphatic rings. The molecule has 1 aromatic carbocycles. The minimum Gasteiger partial charge on any atom is -0.464 e. The first kappa shape index (κ1) is 13.1. The molecule has 0 saturated carbocycles. The Hall–Kier alpha value is -2.30. The summed E-state index contributed by atoms with van der Waals surface area (Å²) in [6, 6.07) is 7.67. The molecule has 2 aromatic rings. The Kier molecular flexibility index (Phi) is 3.85. The van der Waals surface area contributed by atoms with Crippen molar-refractivity contribution in [2.45, 2.75) is 19.9 Å². The lowest BCUT2D eigenvalue weighted by Crippen LogP contribution is -2.12. The summed E-state index contributed by atoms with van der Waals surface area (Å²) in [4.78, 5) is 11.0. The van der Waals surface area contributed by atoms with Gasteiger partial charge >= 0.3 is 0 Å². The smallest absolute Gasteiger partial charge is 0.248 e. The van der Waals surface area contributed by atoms with Crippen LogP contribution in [0.3, 0.4) is 0 Å². The second-order valence-electron chi connectivity index (χ2n) is 4.13. The molecule has 0 spiro atoms. The van der Waals surface area contributed by atoms with Gasteiger partial charge in [0, 0.05) is 12.0 Å². The number of rotatable bonds is 5. The molecule has 1 aromatic heterocycles. The molecule has 0 atom stereocenters. The maximum atomic E-state index is 13.6. The highest BCUT2D eigenvalue weighted by molar-refractivity contribution is 5.93. The average Bonchev–Trinajstić information content (AvgIpc) is 2.85. The summed E-state index contributed by atoms with van der Waals surface area (Å²) in [7, 11) is 0. The lowest BCUT2D eigenvalue weighted by atomic mass is 10.2. The Morgan fingerprint density at radius 1 is 1.32 bits per heavy atom. The Balaban J connectivity index is 2.10. The van der Waals surface area contributed by atoms with E-state index in [0.29, 0.717) is 12.3 Å². The van der Waals surface area contributed by atoms with E-state index in [9.17, 15) is 9.18 Å². The Labute approximate surface area is 110 Å². The van der Waals surface area contributed by atoms with Crippen LogP contribution in [-0.4, -0.2) is 5.91 Å². The van der Waals surface area contributed by atoms with Crippen LogP contribution < -0.4 is 11.1 Å². The van der Waals surface area contributed by atoms with Crippen LogP contribution in [0.5, 0.6) is 0 Å². The molecule has 0 fully saturated rings. The standard InChI is InChI=1S/C14H15FN2O2/c1-2-10-4-5-11(19-10)8-17-13-7-9(14(16)18)3-6-12(13)15/h3-7,17H,2,8H2,1H3,(H2,16,18). The van der Waals surface area contributed by atoms with Gasteiger partial charge in [0.2, 0.25) is 5.91 Å². The molecule has 4 nitrogen and oxygen atoms in total. The number of hydrogen-bond donors (Lipinski definition) is 2. The zero-order valence-corrected chi connectivity index (χ0v) is 10.6. The molecule has 100 valence electrons. The van der Waals surface area contributed by atoms with Crippen LogP contribution in [0.15, 0.2) is 34.7 Å². The quantitative estimate of drug-likeness (QED) is 0.870. The summed E-state index contributed by atoms with van der Waals surface area (Å²) in [5, 5.41) is 2.89. The van der Waals surface area contributed by atoms with Gasteiger partial charge in [-0.2, -0.15) is 0 Å². The maximum absolute atomic E-state index is 13.6.